The van der Waals surface area contributed by atoms with Gasteiger partial charge in [-0.1, -0.05) is 27.2 Å². The van der Waals surface area contributed by atoms with Crippen LogP contribution in [0, 0.1) is 5.41 Å². The maximum Gasteiger partial charge on any atom is 0.242 e. The van der Waals surface area contributed by atoms with Crippen LogP contribution in [0.2, 0.25) is 0 Å². The molecule has 1 aliphatic heterocycles. The van der Waals surface area contributed by atoms with E-state index in [2.05, 4.69) is 41.6 Å². The molecule has 2 rings (SSSR count). The Morgan fingerprint density at radius 1 is 1.47 bits per heavy atom. The van der Waals surface area contributed by atoms with Crippen LogP contribution >= 0.6 is 0 Å². The molecule has 1 amide bonds. The van der Waals surface area contributed by atoms with Gasteiger partial charge in [0, 0.05) is 11.8 Å². The number of aromatic nitrogens is 2. The summed E-state index contributed by atoms with van der Waals surface area (Å²) in [5.41, 5.74) is 1.26. The van der Waals surface area contributed by atoms with Gasteiger partial charge in [0.1, 0.15) is 0 Å². The average molecular weight is 264 g/mol. The van der Waals surface area contributed by atoms with Gasteiger partial charge in [0.2, 0.25) is 5.91 Å². The van der Waals surface area contributed by atoms with Crippen LogP contribution in [0.25, 0.3) is 0 Å². The van der Waals surface area contributed by atoms with E-state index in [4.69, 9.17) is 0 Å². The Balaban J connectivity index is 1.90. The Morgan fingerprint density at radius 2 is 2.26 bits per heavy atom. The highest BCUT2D eigenvalue weighted by molar-refractivity contribution is 5.94. The molecule has 1 unspecified atom stereocenters. The molecule has 5 heteroatoms. The fourth-order valence-corrected chi connectivity index (χ4v) is 2.38. The zero-order chi connectivity index (χ0) is 13.9. The average Bonchev–Trinajstić information content (AvgIpc) is 2.75. The minimum absolute atomic E-state index is 0.0218. The molecule has 1 aromatic rings. The number of anilines is 1. The van der Waals surface area contributed by atoms with Crippen LogP contribution in [0.5, 0.6) is 0 Å². The van der Waals surface area contributed by atoms with Crippen molar-refractivity contribution >= 4 is 11.7 Å². The predicted octanol–water partition coefficient (Wildman–Crippen LogP) is 2.08. The van der Waals surface area contributed by atoms with E-state index in [9.17, 15) is 4.79 Å². The molecular weight excluding hydrogens is 240 g/mol. The molecule has 2 heterocycles. The van der Waals surface area contributed by atoms with Crippen molar-refractivity contribution in [2.75, 3.05) is 11.9 Å². The second-order valence-corrected chi connectivity index (χ2v) is 6.51. The van der Waals surface area contributed by atoms with E-state index in [-0.39, 0.29) is 17.4 Å². The summed E-state index contributed by atoms with van der Waals surface area (Å²) >= 11 is 0. The topological polar surface area (TPSA) is 69.8 Å². The molecule has 1 aromatic heterocycles. The Labute approximate surface area is 114 Å². The molecular formula is C14H24N4O. The third kappa shape index (κ3) is 4.35. The zero-order valence-electron chi connectivity index (χ0n) is 12.0. The third-order valence-corrected chi connectivity index (χ3v) is 3.23. The first-order valence-electron chi connectivity index (χ1n) is 7.02. The largest absolute Gasteiger partial charge is 0.308 e. The number of aromatic amines is 1. The van der Waals surface area contributed by atoms with Gasteiger partial charge >= 0.3 is 0 Å². The molecule has 106 valence electrons. The van der Waals surface area contributed by atoms with E-state index in [0.29, 0.717) is 5.82 Å². The molecule has 0 bridgehead atoms. The summed E-state index contributed by atoms with van der Waals surface area (Å²) in [6, 6.07) is 1.85. The lowest BCUT2D eigenvalue weighted by molar-refractivity contribution is -0.118. The first-order valence-corrected chi connectivity index (χ1v) is 7.02. The Bertz CT molecular complexity index is 427. The Hall–Kier alpha value is -1.36. The van der Waals surface area contributed by atoms with Gasteiger partial charge in [-0.2, -0.15) is 5.10 Å². The molecule has 0 saturated carbocycles. The Kier molecular flexibility index (Phi) is 4.24. The quantitative estimate of drug-likeness (QED) is 0.783. The molecule has 0 spiro atoms. The lowest BCUT2D eigenvalue weighted by Crippen LogP contribution is -2.43. The van der Waals surface area contributed by atoms with Gasteiger partial charge in [0.15, 0.2) is 5.82 Å². The van der Waals surface area contributed by atoms with Crippen molar-refractivity contribution in [1.82, 2.24) is 15.5 Å². The van der Waals surface area contributed by atoms with Gasteiger partial charge in [0.05, 0.1) is 6.04 Å². The number of nitrogens with zero attached hydrogens (tertiary/aromatic N) is 1. The Morgan fingerprint density at radius 3 is 2.89 bits per heavy atom. The van der Waals surface area contributed by atoms with Crippen LogP contribution in [0.4, 0.5) is 5.82 Å². The number of rotatable bonds is 3. The van der Waals surface area contributed by atoms with Gasteiger partial charge in [-0.3, -0.25) is 9.89 Å². The molecule has 0 radical (unpaired) electrons. The first kappa shape index (κ1) is 14.1. The number of piperidine rings is 1. The summed E-state index contributed by atoms with van der Waals surface area (Å²) in [6.07, 6.45) is 4.09. The highest BCUT2D eigenvalue weighted by atomic mass is 16.2. The first-order chi connectivity index (χ1) is 8.94. The van der Waals surface area contributed by atoms with Crippen LogP contribution in [0.1, 0.15) is 45.7 Å². The normalized spacial score (nSPS) is 20.3. The number of hydrogen-bond acceptors (Lipinski definition) is 3. The van der Waals surface area contributed by atoms with E-state index in [1.165, 1.54) is 0 Å². The molecule has 1 aliphatic rings. The summed E-state index contributed by atoms with van der Waals surface area (Å²) in [6.45, 7) is 7.46. The molecule has 0 aliphatic carbocycles. The van der Waals surface area contributed by atoms with Crippen molar-refractivity contribution in [3.63, 3.8) is 0 Å². The SMILES string of the molecule is CC(C)(C)Cc1cc(NC(=O)C2CCCCN2)n[nH]1. The fraction of sp³-hybridized carbons (Fsp3) is 0.714. The fourth-order valence-electron chi connectivity index (χ4n) is 2.38. The second kappa shape index (κ2) is 5.74. The number of carbonyl (C=O) groups excluding carboxylic acids is 1. The van der Waals surface area contributed by atoms with Crippen LogP contribution in [-0.4, -0.2) is 28.7 Å². The lowest BCUT2D eigenvalue weighted by Gasteiger charge is -2.21. The summed E-state index contributed by atoms with van der Waals surface area (Å²) in [5.74, 6) is 0.644. The van der Waals surface area contributed by atoms with Gasteiger partial charge in [0.25, 0.3) is 0 Å². The van der Waals surface area contributed by atoms with Crippen LogP contribution < -0.4 is 10.6 Å². The second-order valence-electron chi connectivity index (χ2n) is 6.51. The summed E-state index contributed by atoms with van der Waals surface area (Å²) in [4.78, 5) is 12.0. The summed E-state index contributed by atoms with van der Waals surface area (Å²) in [5, 5.41) is 13.2. The number of hydrogen-bond donors (Lipinski definition) is 3. The molecule has 5 nitrogen and oxygen atoms in total. The standard InChI is InChI=1S/C14H24N4O/c1-14(2,3)9-10-8-12(18-17-10)16-13(19)11-6-4-5-7-15-11/h8,11,15H,4-7,9H2,1-3H3,(H2,16,17,18,19). The van der Waals surface area contributed by atoms with Gasteiger partial charge in [-0.05, 0) is 31.2 Å². The van der Waals surface area contributed by atoms with Gasteiger partial charge in [-0.25, -0.2) is 0 Å². The van der Waals surface area contributed by atoms with Crippen molar-refractivity contribution < 1.29 is 4.79 Å². The van der Waals surface area contributed by atoms with Crippen molar-refractivity contribution in [1.29, 1.82) is 0 Å². The van der Waals surface area contributed by atoms with Crippen molar-refractivity contribution in [3.8, 4) is 0 Å². The molecule has 3 N–H and O–H groups in total. The van der Waals surface area contributed by atoms with Gasteiger partial charge in [-0.15, -0.1) is 0 Å². The number of nitrogens with one attached hydrogen (secondary N) is 3. The highest BCUT2D eigenvalue weighted by Crippen LogP contribution is 2.20. The number of amides is 1. The zero-order valence-corrected chi connectivity index (χ0v) is 12.0. The van der Waals surface area contributed by atoms with Gasteiger partial charge < -0.3 is 10.6 Å². The summed E-state index contributed by atoms with van der Waals surface area (Å²) < 4.78 is 0. The smallest absolute Gasteiger partial charge is 0.242 e. The van der Waals surface area contributed by atoms with E-state index in [1.807, 2.05) is 6.07 Å². The molecule has 1 fully saturated rings. The van der Waals surface area contributed by atoms with E-state index in [1.54, 1.807) is 0 Å². The monoisotopic (exact) mass is 264 g/mol. The molecule has 1 atom stereocenters. The van der Waals surface area contributed by atoms with Crippen LogP contribution in [-0.2, 0) is 11.2 Å². The van der Waals surface area contributed by atoms with E-state index in [0.717, 1.165) is 37.9 Å². The lowest BCUT2D eigenvalue weighted by atomic mass is 9.91. The molecule has 1 saturated heterocycles. The van der Waals surface area contributed by atoms with E-state index < -0.39 is 0 Å². The minimum atomic E-state index is -0.0727. The van der Waals surface area contributed by atoms with E-state index >= 15 is 0 Å². The van der Waals surface area contributed by atoms with Crippen molar-refractivity contribution in [3.05, 3.63) is 11.8 Å². The van der Waals surface area contributed by atoms with Crippen LogP contribution in [0.3, 0.4) is 0 Å². The maximum absolute atomic E-state index is 12.0. The van der Waals surface area contributed by atoms with Crippen LogP contribution in [0.15, 0.2) is 6.07 Å². The minimum Gasteiger partial charge on any atom is -0.308 e. The third-order valence-electron chi connectivity index (χ3n) is 3.23. The highest BCUT2D eigenvalue weighted by Gasteiger charge is 2.21. The molecule has 19 heavy (non-hydrogen) atoms. The van der Waals surface area contributed by atoms with Crippen molar-refractivity contribution in [2.45, 2.75) is 52.5 Å². The predicted molar refractivity (Wildman–Crippen MR) is 76.0 cm³/mol. The maximum atomic E-state index is 12.0. The molecule has 0 aromatic carbocycles. The summed E-state index contributed by atoms with van der Waals surface area (Å²) in [7, 11) is 0. The number of carbonyl (C=O) groups is 1. The number of H-pyrrole nitrogens is 1. The van der Waals surface area contributed by atoms with Crippen molar-refractivity contribution in [2.24, 2.45) is 5.41 Å².